The number of nitrogens with two attached hydrogens (primary N) is 1. The maximum absolute atomic E-state index is 8.94. The summed E-state index contributed by atoms with van der Waals surface area (Å²) in [6, 6.07) is 9.53. The van der Waals surface area contributed by atoms with Crippen LogP contribution < -0.4 is 11.2 Å². The van der Waals surface area contributed by atoms with Crippen LogP contribution in [-0.4, -0.2) is 29.5 Å². The summed E-state index contributed by atoms with van der Waals surface area (Å²) in [5.41, 5.74) is 8.19. The molecule has 5 heteroatoms. The number of rotatable bonds is 3. The van der Waals surface area contributed by atoms with Gasteiger partial charge in [0.1, 0.15) is 7.85 Å². The summed E-state index contributed by atoms with van der Waals surface area (Å²) in [5, 5.41) is 8.94. The van der Waals surface area contributed by atoms with E-state index in [0.717, 1.165) is 5.56 Å². The van der Waals surface area contributed by atoms with E-state index in [9.17, 15) is 0 Å². The van der Waals surface area contributed by atoms with Crippen molar-refractivity contribution in [2.24, 2.45) is 0 Å². The highest BCUT2D eigenvalue weighted by Crippen LogP contribution is 2.15. The Balaban J connectivity index is 2.54. The Labute approximate surface area is 101 Å². The van der Waals surface area contributed by atoms with E-state index in [1.165, 1.54) is 0 Å². The van der Waals surface area contributed by atoms with E-state index in [1.54, 1.807) is 0 Å². The van der Waals surface area contributed by atoms with E-state index in [4.69, 9.17) is 18.7 Å². The number of benzene rings is 1. The molecular formula is C12H12BN3O. The van der Waals surface area contributed by atoms with Crippen LogP contribution in [0.4, 0.5) is 5.95 Å². The van der Waals surface area contributed by atoms with Crippen LogP contribution in [-0.2, 0) is 6.42 Å². The van der Waals surface area contributed by atoms with Crippen molar-refractivity contribution in [2.75, 3.05) is 12.3 Å². The lowest BCUT2D eigenvalue weighted by Crippen LogP contribution is -2.20. The average molecular weight is 225 g/mol. The van der Waals surface area contributed by atoms with Crippen LogP contribution in [0.15, 0.2) is 30.3 Å². The van der Waals surface area contributed by atoms with Crippen molar-refractivity contribution >= 4 is 19.3 Å². The molecule has 0 aliphatic rings. The summed E-state index contributed by atoms with van der Waals surface area (Å²) in [6.07, 6.45) is 0.373. The van der Waals surface area contributed by atoms with E-state index < -0.39 is 0 Å². The van der Waals surface area contributed by atoms with Crippen molar-refractivity contribution in [3.63, 3.8) is 0 Å². The molecule has 0 amide bonds. The van der Waals surface area contributed by atoms with Crippen LogP contribution in [0.1, 0.15) is 5.69 Å². The Morgan fingerprint density at radius 2 is 1.88 bits per heavy atom. The van der Waals surface area contributed by atoms with Gasteiger partial charge in [-0.3, -0.25) is 0 Å². The van der Waals surface area contributed by atoms with Crippen LogP contribution in [0.25, 0.3) is 11.3 Å². The summed E-state index contributed by atoms with van der Waals surface area (Å²) < 4.78 is 0. The van der Waals surface area contributed by atoms with Gasteiger partial charge >= 0.3 is 0 Å². The number of nitrogen functional groups attached to an aromatic ring is 1. The predicted octanol–water partition coefficient (Wildman–Crippen LogP) is 0.0544. The third kappa shape index (κ3) is 2.45. The Kier molecular flexibility index (Phi) is 3.39. The largest absolute Gasteiger partial charge is 0.396 e. The molecule has 2 radical (unpaired) electrons. The summed E-state index contributed by atoms with van der Waals surface area (Å²) in [5.74, 6) is 0.168. The maximum Gasteiger partial charge on any atom is 0.220 e. The van der Waals surface area contributed by atoms with E-state index in [0.29, 0.717) is 23.3 Å². The molecular weight excluding hydrogens is 213 g/mol. The second kappa shape index (κ2) is 4.97. The minimum absolute atomic E-state index is 0.0190. The zero-order valence-corrected chi connectivity index (χ0v) is 9.30. The van der Waals surface area contributed by atoms with Gasteiger partial charge in [-0.05, 0) is 11.0 Å². The van der Waals surface area contributed by atoms with Crippen molar-refractivity contribution in [1.82, 2.24) is 9.97 Å². The van der Waals surface area contributed by atoms with Gasteiger partial charge in [-0.2, -0.15) is 0 Å². The van der Waals surface area contributed by atoms with Crippen LogP contribution in [0.3, 0.4) is 0 Å². The Morgan fingerprint density at radius 1 is 1.18 bits per heavy atom. The fourth-order valence-electron chi connectivity index (χ4n) is 1.65. The number of aliphatic hydroxyl groups is 1. The number of hydrogen-bond acceptors (Lipinski definition) is 4. The molecule has 1 aromatic heterocycles. The van der Waals surface area contributed by atoms with Gasteiger partial charge in [0.25, 0.3) is 0 Å². The number of aromatic nitrogens is 2. The molecule has 0 saturated carbocycles. The molecule has 1 aromatic carbocycles. The average Bonchev–Trinajstić information content (AvgIpc) is 2.35. The zero-order chi connectivity index (χ0) is 12.3. The molecule has 17 heavy (non-hydrogen) atoms. The second-order valence-corrected chi connectivity index (χ2v) is 3.63. The van der Waals surface area contributed by atoms with Crippen LogP contribution in [0.2, 0.25) is 0 Å². The smallest absolute Gasteiger partial charge is 0.220 e. The second-order valence-electron chi connectivity index (χ2n) is 3.63. The third-order valence-electron chi connectivity index (χ3n) is 2.44. The Bertz CT molecular complexity index is 517. The summed E-state index contributed by atoms with van der Waals surface area (Å²) >= 11 is 0. The van der Waals surface area contributed by atoms with Gasteiger partial charge < -0.3 is 10.8 Å². The zero-order valence-electron chi connectivity index (χ0n) is 9.30. The molecule has 0 bridgehead atoms. The number of anilines is 1. The lowest BCUT2D eigenvalue weighted by atomic mass is 9.88. The molecule has 4 nitrogen and oxygen atoms in total. The lowest BCUT2D eigenvalue weighted by molar-refractivity contribution is 0.298. The van der Waals surface area contributed by atoms with Crippen molar-refractivity contribution in [3.8, 4) is 11.3 Å². The molecule has 0 aliphatic carbocycles. The first kappa shape index (κ1) is 11.6. The molecule has 0 fully saturated rings. The van der Waals surface area contributed by atoms with E-state index in [1.807, 2.05) is 30.3 Å². The maximum atomic E-state index is 8.94. The molecule has 2 aromatic rings. The minimum Gasteiger partial charge on any atom is -0.396 e. The monoisotopic (exact) mass is 225 g/mol. The third-order valence-corrected chi connectivity index (χ3v) is 2.44. The Morgan fingerprint density at radius 3 is 2.53 bits per heavy atom. The van der Waals surface area contributed by atoms with Gasteiger partial charge in [0, 0.05) is 18.7 Å². The van der Waals surface area contributed by atoms with Gasteiger partial charge in [0.2, 0.25) is 5.95 Å². The summed E-state index contributed by atoms with van der Waals surface area (Å²) in [4.78, 5) is 8.18. The molecule has 0 aliphatic heterocycles. The molecule has 0 spiro atoms. The number of hydrogen-bond donors (Lipinski definition) is 2. The molecule has 84 valence electrons. The number of aliphatic hydroxyl groups excluding tert-OH is 1. The number of nitrogens with zero attached hydrogens (tertiary/aromatic N) is 2. The molecule has 2 rings (SSSR count). The van der Waals surface area contributed by atoms with Crippen LogP contribution >= 0.6 is 0 Å². The SMILES string of the molecule is [B]c1c(CCO)nc(N)nc1-c1ccccc1. The highest BCUT2D eigenvalue weighted by atomic mass is 16.3. The van der Waals surface area contributed by atoms with Gasteiger partial charge in [-0.25, -0.2) is 9.97 Å². The highest BCUT2D eigenvalue weighted by Gasteiger charge is 2.10. The van der Waals surface area contributed by atoms with Crippen molar-refractivity contribution in [3.05, 3.63) is 36.0 Å². The predicted molar refractivity (Wildman–Crippen MR) is 68.1 cm³/mol. The standard InChI is InChI=1S/C12H12BN3O/c13-10-9(6-7-17)15-12(14)16-11(10)8-4-2-1-3-5-8/h1-5,17H,6-7H2,(H2,14,15,16). The van der Waals surface area contributed by atoms with Gasteiger partial charge in [0.15, 0.2) is 0 Å². The van der Waals surface area contributed by atoms with E-state index >= 15 is 0 Å². The van der Waals surface area contributed by atoms with E-state index in [-0.39, 0.29) is 12.6 Å². The van der Waals surface area contributed by atoms with E-state index in [2.05, 4.69) is 9.97 Å². The quantitative estimate of drug-likeness (QED) is 0.724. The molecule has 3 N–H and O–H groups in total. The first-order valence-electron chi connectivity index (χ1n) is 5.30. The van der Waals surface area contributed by atoms with Crippen molar-refractivity contribution in [1.29, 1.82) is 0 Å². The molecule has 0 unspecified atom stereocenters. The molecule has 1 heterocycles. The van der Waals surface area contributed by atoms with Crippen LogP contribution in [0.5, 0.6) is 0 Å². The normalized spacial score (nSPS) is 10.4. The fraction of sp³-hybridized carbons (Fsp3) is 0.167. The summed E-state index contributed by atoms with van der Waals surface area (Å²) in [7, 11) is 5.98. The topological polar surface area (TPSA) is 72.0 Å². The summed E-state index contributed by atoms with van der Waals surface area (Å²) in [6.45, 7) is -0.0190. The van der Waals surface area contributed by atoms with Gasteiger partial charge in [-0.1, -0.05) is 30.3 Å². The molecule has 0 atom stereocenters. The van der Waals surface area contributed by atoms with Crippen molar-refractivity contribution in [2.45, 2.75) is 6.42 Å². The van der Waals surface area contributed by atoms with Crippen LogP contribution in [0, 0.1) is 0 Å². The first-order valence-corrected chi connectivity index (χ1v) is 5.30. The molecule has 0 saturated heterocycles. The fourth-order valence-corrected chi connectivity index (χ4v) is 1.65. The minimum atomic E-state index is -0.0190. The highest BCUT2D eigenvalue weighted by molar-refractivity contribution is 6.36. The Hall–Kier alpha value is -1.88. The van der Waals surface area contributed by atoms with Gasteiger partial charge in [0.05, 0.1) is 5.69 Å². The first-order chi connectivity index (χ1) is 8.22. The van der Waals surface area contributed by atoms with Crippen molar-refractivity contribution < 1.29 is 5.11 Å². The van der Waals surface area contributed by atoms with Gasteiger partial charge in [-0.15, -0.1) is 0 Å². The lowest BCUT2D eigenvalue weighted by Gasteiger charge is -2.10.